The van der Waals surface area contributed by atoms with Crippen molar-refractivity contribution < 1.29 is 0 Å². The number of rotatable bonds is 3. The van der Waals surface area contributed by atoms with Crippen molar-refractivity contribution in [3.63, 3.8) is 0 Å². The average molecular weight is 241 g/mol. The molecule has 1 aromatic heterocycles. The Kier molecular flexibility index (Phi) is 3.18. The average Bonchev–Trinajstić information content (AvgIpc) is 2.63. The van der Waals surface area contributed by atoms with Gasteiger partial charge in [0.1, 0.15) is 0 Å². The molecule has 2 N–H and O–H groups in total. The van der Waals surface area contributed by atoms with Crippen LogP contribution in [-0.2, 0) is 5.75 Å². The van der Waals surface area contributed by atoms with Gasteiger partial charge in [0.25, 0.3) is 5.56 Å². The van der Waals surface area contributed by atoms with Crippen LogP contribution < -0.4 is 5.56 Å². The molecule has 1 aromatic carbocycles. The van der Waals surface area contributed by atoms with Crippen molar-refractivity contribution in [2.75, 3.05) is 0 Å². The van der Waals surface area contributed by atoms with E-state index in [1.165, 1.54) is 0 Å². The van der Waals surface area contributed by atoms with E-state index >= 15 is 0 Å². The number of nitrogens with one attached hydrogen (secondary N) is 2. The number of aromatic amines is 2. The van der Waals surface area contributed by atoms with Crippen molar-refractivity contribution in [2.24, 2.45) is 0 Å². The molecule has 0 spiro atoms. The van der Waals surface area contributed by atoms with E-state index < -0.39 is 0 Å². The van der Waals surface area contributed by atoms with Crippen molar-refractivity contribution >= 4 is 23.4 Å². The highest BCUT2D eigenvalue weighted by Crippen LogP contribution is 2.28. The Morgan fingerprint density at radius 2 is 2.07 bits per heavy atom. The molecule has 0 aliphatic rings. The maximum absolute atomic E-state index is 10.8. The molecule has 0 saturated carbocycles. The molecule has 0 fully saturated rings. The van der Waals surface area contributed by atoms with E-state index in [1.807, 2.05) is 24.3 Å². The molecule has 0 amide bonds. The number of thioether (sulfide) groups is 1. The fourth-order valence-electron chi connectivity index (χ4n) is 1.17. The summed E-state index contributed by atoms with van der Waals surface area (Å²) in [6.07, 6.45) is 0. The van der Waals surface area contributed by atoms with E-state index in [9.17, 15) is 4.79 Å². The Morgan fingerprint density at radius 3 is 2.73 bits per heavy atom. The molecular weight excluding hydrogens is 232 g/mol. The maximum Gasteiger partial charge on any atom is 0.264 e. The first-order valence-corrected chi connectivity index (χ1v) is 5.76. The second-order valence-electron chi connectivity index (χ2n) is 3.00. The summed E-state index contributed by atoms with van der Waals surface area (Å²) in [5.74, 6) is 0.697. The lowest BCUT2D eigenvalue weighted by Crippen LogP contribution is -1.93. The minimum Gasteiger partial charge on any atom is -0.301 e. The second-order valence-corrected chi connectivity index (χ2v) is 4.43. The normalized spacial score (nSPS) is 10.5. The van der Waals surface area contributed by atoms with Gasteiger partial charge in [-0.25, -0.2) is 0 Å². The zero-order valence-corrected chi connectivity index (χ0v) is 9.36. The van der Waals surface area contributed by atoms with Gasteiger partial charge in [-0.05, 0) is 12.1 Å². The van der Waals surface area contributed by atoms with Crippen LogP contribution in [0.15, 0.2) is 40.0 Å². The first kappa shape index (κ1) is 10.4. The van der Waals surface area contributed by atoms with E-state index in [2.05, 4.69) is 10.2 Å². The van der Waals surface area contributed by atoms with E-state index in [0.29, 0.717) is 5.75 Å². The standard InChI is InChI=1S/C10H9ClN2OS/c11-8-3-1-2-4-9(8)15-6-7-5-10(14)13-12-7/h1-5H,6H2,(H2,12,13,14). The lowest BCUT2D eigenvalue weighted by Gasteiger charge is -2.01. The van der Waals surface area contributed by atoms with Crippen molar-refractivity contribution in [1.82, 2.24) is 10.2 Å². The number of H-pyrrole nitrogens is 2. The number of hydrogen-bond acceptors (Lipinski definition) is 2. The maximum atomic E-state index is 10.8. The van der Waals surface area contributed by atoms with Crippen LogP contribution in [0.5, 0.6) is 0 Å². The first-order valence-electron chi connectivity index (χ1n) is 4.39. The first-order chi connectivity index (χ1) is 7.25. The lowest BCUT2D eigenvalue weighted by molar-refractivity contribution is 1.02. The zero-order chi connectivity index (χ0) is 10.7. The van der Waals surface area contributed by atoms with Crippen LogP contribution >= 0.6 is 23.4 Å². The van der Waals surface area contributed by atoms with Crippen LogP contribution in [0.1, 0.15) is 5.69 Å². The van der Waals surface area contributed by atoms with Crippen molar-refractivity contribution in [2.45, 2.75) is 10.6 Å². The van der Waals surface area contributed by atoms with E-state index in [0.717, 1.165) is 15.6 Å². The topological polar surface area (TPSA) is 48.6 Å². The Balaban J connectivity index is 2.05. The minimum atomic E-state index is -0.107. The van der Waals surface area contributed by atoms with Gasteiger partial charge in [-0.2, -0.15) is 0 Å². The minimum absolute atomic E-state index is 0.107. The lowest BCUT2D eigenvalue weighted by atomic mass is 10.4. The number of benzene rings is 1. The Hall–Kier alpha value is -1.13. The van der Waals surface area contributed by atoms with Crippen LogP contribution in [-0.4, -0.2) is 10.2 Å². The molecule has 0 atom stereocenters. The molecule has 0 unspecified atom stereocenters. The predicted octanol–water partition coefficient (Wildman–Crippen LogP) is 2.65. The van der Waals surface area contributed by atoms with Crippen molar-refractivity contribution in [1.29, 1.82) is 0 Å². The quantitative estimate of drug-likeness (QED) is 0.811. The molecule has 78 valence electrons. The number of halogens is 1. The third-order valence-corrected chi connectivity index (χ3v) is 3.44. The largest absolute Gasteiger partial charge is 0.301 e. The van der Waals surface area contributed by atoms with E-state index in [1.54, 1.807) is 17.8 Å². The highest BCUT2D eigenvalue weighted by Gasteiger charge is 2.01. The molecule has 0 aliphatic carbocycles. The third-order valence-electron chi connectivity index (χ3n) is 1.87. The summed E-state index contributed by atoms with van der Waals surface area (Å²) in [7, 11) is 0. The van der Waals surface area contributed by atoms with Gasteiger partial charge in [-0.15, -0.1) is 11.8 Å². The van der Waals surface area contributed by atoms with E-state index in [-0.39, 0.29) is 5.56 Å². The fourth-order valence-corrected chi connectivity index (χ4v) is 2.31. The third kappa shape index (κ3) is 2.67. The molecule has 3 nitrogen and oxygen atoms in total. The summed E-state index contributed by atoms with van der Waals surface area (Å²) in [4.78, 5) is 11.9. The molecule has 15 heavy (non-hydrogen) atoms. The molecule has 1 heterocycles. The van der Waals surface area contributed by atoms with Crippen LogP contribution in [0.4, 0.5) is 0 Å². The summed E-state index contributed by atoms with van der Waals surface area (Å²) in [6.45, 7) is 0. The fraction of sp³-hybridized carbons (Fsp3) is 0.100. The second kappa shape index (κ2) is 4.59. The van der Waals surface area contributed by atoms with Crippen LogP contribution in [0, 0.1) is 0 Å². The number of aromatic nitrogens is 2. The Morgan fingerprint density at radius 1 is 1.27 bits per heavy atom. The molecule has 0 bridgehead atoms. The molecular formula is C10H9ClN2OS. The van der Waals surface area contributed by atoms with Crippen LogP contribution in [0.3, 0.4) is 0 Å². The smallest absolute Gasteiger partial charge is 0.264 e. The van der Waals surface area contributed by atoms with Gasteiger partial charge in [0.15, 0.2) is 0 Å². The van der Waals surface area contributed by atoms with Crippen molar-refractivity contribution in [3.8, 4) is 0 Å². The molecule has 0 aliphatic heterocycles. The van der Waals surface area contributed by atoms with Gasteiger partial charge in [0.2, 0.25) is 0 Å². The Bertz CT molecular complexity index is 506. The SMILES string of the molecule is O=c1cc(CSc2ccccc2Cl)[nH][nH]1. The van der Waals surface area contributed by atoms with Gasteiger partial charge in [0, 0.05) is 22.4 Å². The molecule has 2 rings (SSSR count). The predicted molar refractivity (Wildman–Crippen MR) is 62.4 cm³/mol. The van der Waals surface area contributed by atoms with Crippen molar-refractivity contribution in [3.05, 3.63) is 51.4 Å². The zero-order valence-electron chi connectivity index (χ0n) is 7.79. The van der Waals surface area contributed by atoms with Gasteiger partial charge < -0.3 is 5.10 Å². The molecule has 5 heteroatoms. The van der Waals surface area contributed by atoms with Crippen LogP contribution in [0.2, 0.25) is 5.02 Å². The Labute approximate surface area is 95.8 Å². The van der Waals surface area contributed by atoms with Gasteiger partial charge in [-0.1, -0.05) is 23.7 Å². The molecule has 2 aromatic rings. The van der Waals surface area contributed by atoms with E-state index in [4.69, 9.17) is 11.6 Å². The summed E-state index contributed by atoms with van der Waals surface area (Å²) < 4.78 is 0. The number of hydrogen-bond donors (Lipinski definition) is 2. The van der Waals surface area contributed by atoms with Gasteiger partial charge >= 0.3 is 0 Å². The summed E-state index contributed by atoms with van der Waals surface area (Å²) in [5, 5.41) is 6.02. The highest BCUT2D eigenvalue weighted by atomic mass is 35.5. The van der Waals surface area contributed by atoms with Gasteiger partial charge in [0.05, 0.1) is 5.02 Å². The van der Waals surface area contributed by atoms with Crippen LogP contribution in [0.25, 0.3) is 0 Å². The molecule has 0 saturated heterocycles. The molecule has 0 radical (unpaired) electrons. The summed E-state index contributed by atoms with van der Waals surface area (Å²) in [6, 6.07) is 9.18. The summed E-state index contributed by atoms with van der Waals surface area (Å²) in [5.41, 5.74) is 0.759. The monoisotopic (exact) mass is 240 g/mol. The van der Waals surface area contributed by atoms with Gasteiger partial charge in [-0.3, -0.25) is 9.89 Å². The highest BCUT2D eigenvalue weighted by molar-refractivity contribution is 7.98. The summed E-state index contributed by atoms with van der Waals surface area (Å²) >= 11 is 7.59.